The van der Waals surface area contributed by atoms with Gasteiger partial charge in [-0.15, -0.1) is 0 Å². The third kappa shape index (κ3) is 3.11. The number of rotatable bonds is 3. The summed E-state index contributed by atoms with van der Waals surface area (Å²) >= 11 is 0. The Morgan fingerprint density at radius 3 is 2.83 bits per heavy atom. The summed E-state index contributed by atoms with van der Waals surface area (Å²) in [7, 11) is 0. The number of carbonyl (C=O) groups excluding carboxylic acids is 1. The normalized spacial score (nSPS) is 30.4. The van der Waals surface area contributed by atoms with Crippen molar-refractivity contribution in [2.45, 2.75) is 57.6 Å². The number of aromatic nitrogens is 2. The second-order valence-electron chi connectivity index (χ2n) is 7.73. The molecule has 1 saturated carbocycles. The summed E-state index contributed by atoms with van der Waals surface area (Å²) in [4.78, 5) is 23.6. The van der Waals surface area contributed by atoms with E-state index < -0.39 is 0 Å². The molecule has 4 rings (SSSR count). The number of ether oxygens (including phenoxy) is 1. The highest BCUT2D eigenvalue weighted by Crippen LogP contribution is 2.41. The van der Waals surface area contributed by atoms with Gasteiger partial charge in [-0.25, -0.2) is 9.97 Å². The van der Waals surface area contributed by atoms with Crippen LogP contribution in [0.3, 0.4) is 0 Å². The van der Waals surface area contributed by atoms with E-state index in [9.17, 15) is 4.79 Å². The number of piperidine rings is 1. The molecule has 24 heavy (non-hydrogen) atoms. The van der Waals surface area contributed by atoms with Gasteiger partial charge < -0.3 is 15.0 Å². The first-order valence-electron chi connectivity index (χ1n) is 9.09. The lowest BCUT2D eigenvalue weighted by Crippen LogP contribution is -2.46. The summed E-state index contributed by atoms with van der Waals surface area (Å²) in [5.41, 5.74) is 1.14. The number of nitrogens with zero attached hydrogens (tertiary/aromatic N) is 3. The number of aryl methyl sites for hydroxylation is 1. The van der Waals surface area contributed by atoms with E-state index in [0.717, 1.165) is 56.7 Å². The summed E-state index contributed by atoms with van der Waals surface area (Å²) in [6.45, 7) is 4.52. The molecule has 1 amide bonds. The van der Waals surface area contributed by atoms with Crippen LogP contribution in [0.25, 0.3) is 0 Å². The van der Waals surface area contributed by atoms with Crippen molar-refractivity contribution in [3.63, 3.8) is 0 Å². The number of amides is 1. The minimum absolute atomic E-state index is 0.0636. The maximum Gasteiger partial charge on any atom is 0.249 e. The van der Waals surface area contributed by atoms with Crippen LogP contribution in [-0.4, -0.2) is 47.7 Å². The lowest BCUT2D eigenvalue weighted by molar-refractivity contribution is -0.131. The van der Waals surface area contributed by atoms with E-state index in [1.165, 1.54) is 6.42 Å². The van der Waals surface area contributed by atoms with Crippen LogP contribution in [0.15, 0.2) is 12.4 Å². The Morgan fingerprint density at radius 1 is 1.33 bits per heavy atom. The Balaban J connectivity index is 1.39. The third-order valence-electron chi connectivity index (χ3n) is 5.66. The number of hydrogen-bond donors (Lipinski definition) is 1. The summed E-state index contributed by atoms with van der Waals surface area (Å²) in [5, 5.41) is 3.13. The van der Waals surface area contributed by atoms with Crippen molar-refractivity contribution in [2.75, 3.05) is 24.6 Å². The number of hydrogen-bond acceptors (Lipinski definition) is 5. The smallest absolute Gasteiger partial charge is 0.249 e. The van der Waals surface area contributed by atoms with E-state index in [1.54, 1.807) is 0 Å². The van der Waals surface area contributed by atoms with Crippen LogP contribution in [-0.2, 0) is 9.53 Å². The minimum Gasteiger partial charge on any atom is -0.368 e. The fourth-order valence-corrected chi connectivity index (χ4v) is 4.02. The highest BCUT2D eigenvalue weighted by atomic mass is 16.5. The fourth-order valence-electron chi connectivity index (χ4n) is 4.02. The van der Waals surface area contributed by atoms with Crippen LogP contribution in [0.4, 0.5) is 5.95 Å². The SMILES string of the molecule is Cc1cnc(N2CCC[C@]3(CO[C@@H](C(=O)NC4CCC4)C3)C2)nc1. The molecule has 6 nitrogen and oxygen atoms in total. The second kappa shape index (κ2) is 6.31. The van der Waals surface area contributed by atoms with Gasteiger partial charge in [0, 0.05) is 36.9 Å². The van der Waals surface area contributed by atoms with Gasteiger partial charge in [-0.1, -0.05) is 0 Å². The van der Waals surface area contributed by atoms with Crippen LogP contribution in [0.5, 0.6) is 0 Å². The molecule has 0 radical (unpaired) electrons. The lowest BCUT2D eigenvalue weighted by atomic mass is 9.78. The van der Waals surface area contributed by atoms with Gasteiger partial charge in [-0.3, -0.25) is 4.79 Å². The zero-order valence-corrected chi connectivity index (χ0v) is 14.3. The van der Waals surface area contributed by atoms with Crippen LogP contribution >= 0.6 is 0 Å². The molecule has 2 aliphatic heterocycles. The second-order valence-corrected chi connectivity index (χ2v) is 7.73. The predicted octanol–water partition coefficient (Wildman–Crippen LogP) is 1.83. The van der Waals surface area contributed by atoms with Gasteiger partial charge in [0.05, 0.1) is 6.61 Å². The maximum absolute atomic E-state index is 12.4. The Bertz CT molecular complexity index is 602. The lowest BCUT2D eigenvalue weighted by Gasteiger charge is -2.39. The molecule has 1 spiro atoms. The molecule has 0 unspecified atom stereocenters. The fraction of sp³-hybridized carbons (Fsp3) is 0.722. The van der Waals surface area contributed by atoms with Crippen molar-refractivity contribution in [3.8, 4) is 0 Å². The van der Waals surface area contributed by atoms with Gasteiger partial charge in [-0.05, 0) is 51.0 Å². The van der Waals surface area contributed by atoms with Crippen LogP contribution in [0.2, 0.25) is 0 Å². The largest absolute Gasteiger partial charge is 0.368 e. The number of nitrogens with one attached hydrogen (secondary N) is 1. The summed E-state index contributed by atoms with van der Waals surface area (Å²) in [6, 6.07) is 0.376. The minimum atomic E-state index is -0.288. The summed E-state index contributed by atoms with van der Waals surface area (Å²) in [6.07, 6.45) is 9.92. The Labute approximate surface area is 143 Å². The Kier molecular flexibility index (Phi) is 4.16. The molecule has 1 N–H and O–H groups in total. The average molecular weight is 330 g/mol. The molecule has 1 aromatic rings. The van der Waals surface area contributed by atoms with E-state index in [-0.39, 0.29) is 17.4 Å². The van der Waals surface area contributed by atoms with Crippen molar-refractivity contribution in [1.82, 2.24) is 15.3 Å². The maximum atomic E-state index is 12.4. The highest BCUT2D eigenvalue weighted by molar-refractivity contribution is 5.81. The third-order valence-corrected chi connectivity index (χ3v) is 5.66. The monoisotopic (exact) mass is 330 g/mol. The van der Waals surface area contributed by atoms with Gasteiger partial charge in [0.1, 0.15) is 6.10 Å². The quantitative estimate of drug-likeness (QED) is 0.916. The molecule has 0 aromatic carbocycles. The molecule has 1 aromatic heterocycles. The standard InChI is InChI=1S/C18H26N4O2/c1-13-9-19-17(20-10-13)22-7-3-6-18(11-22)8-15(24-12-18)16(23)21-14-4-2-5-14/h9-10,14-15H,2-8,11-12H2,1H3,(H,21,23)/t15-,18-/m1/s1. The molecule has 1 aliphatic carbocycles. The van der Waals surface area contributed by atoms with Crippen molar-refractivity contribution in [2.24, 2.45) is 5.41 Å². The van der Waals surface area contributed by atoms with E-state index in [0.29, 0.717) is 12.6 Å². The number of anilines is 1. The zero-order valence-electron chi connectivity index (χ0n) is 14.3. The highest BCUT2D eigenvalue weighted by Gasteiger charge is 2.46. The van der Waals surface area contributed by atoms with Crippen molar-refractivity contribution >= 4 is 11.9 Å². The molecular weight excluding hydrogens is 304 g/mol. The molecule has 6 heteroatoms. The Morgan fingerprint density at radius 2 is 2.12 bits per heavy atom. The first-order valence-corrected chi connectivity index (χ1v) is 9.09. The first-order chi connectivity index (χ1) is 11.6. The van der Waals surface area contributed by atoms with Gasteiger partial charge in [0.15, 0.2) is 0 Å². The van der Waals surface area contributed by atoms with Gasteiger partial charge in [0.25, 0.3) is 0 Å². The van der Waals surface area contributed by atoms with Crippen LogP contribution in [0, 0.1) is 12.3 Å². The molecule has 130 valence electrons. The molecule has 0 bridgehead atoms. The molecule has 3 aliphatic rings. The van der Waals surface area contributed by atoms with Crippen molar-refractivity contribution < 1.29 is 9.53 Å². The first kappa shape index (κ1) is 15.8. The molecule has 3 heterocycles. The predicted molar refractivity (Wildman–Crippen MR) is 90.8 cm³/mol. The molecule has 3 fully saturated rings. The Hall–Kier alpha value is -1.69. The van der Waals surface area contributed by atoms with Crippen LogP contribution in [0.1, 0.15) is 44.1 Å². The van der Waals surface area contributed by atoms with E-state index in [2.05, 4.69) is 20.2 Å². The summed E-state index contributed by atoms with van der Waals surface area (Å²) < 4.78 is 5.90. The van der Waals surface area contributed by atoms with Gasteiger partial charge in [0.2, 0.25) is 11.9 Å². The van der Waals surface area contributed by atoms with E-state index in [4.69, 9.17) is 4.74 Å². The van der Waals surface area contributed by atoms with Crippen LogP contribution < -0.4 is 10.2 Å². The topological polar surface area (TPSA) is 67.4 Å². The van der Waals surface area contributed by atoms with Gasteiger partial charge in [-0.2, -0.15) is 0 Å². The van der Waals surface area contributed by atoms with E-state index >= 15 is 0 Å². The van der Waals surface area contributed by atoms with Crippen molar-refractivity contribution in [3.05, 3.63) is 18.0 Å². The number of carbonyl (C=O) groups is 1. The molecule has 2 atom stereocenters. The van der Waals surface area contributed by atoms with E-state index in [1.807, 2.05) is 19.3 Å². The average Bonchev–Trinajstić information content (AvgIpc) is 2.95. The zero-order chi connectivity index (χ0) is 16.6. The molecular formula is C18H26N4O2. The van der Waals surface area contributed by atoms with Gasteiger partial charge >= 0.3 is 0 Å². The molecule has 2 saturated heterocycles. The van der Waals surface area contributed by atoms with Crippen molar-refractivity contribution in [1.29, 1.82) is 0 Å². The summed E-state index contributed by atoms with van der Waals surface area (Å²) in [5.74, 6) is 0.877.